The average Bonchev–Trinajstić information content (AvgIpc) is 3.15. The molecule has 2 aliphatic rings. The van der Waals surface area contributed by atoms with Crippen molar-refractivity contribution in [3.63, 3.8) is 0 Å². The third kappa shape index (κ3) is 2.64. The Labute approximate surface area is 141 Å². The van der Waals surface area contributed by atoms with E-state index < -0.39 is 0 Å². The first-order chi connectivity index (χ1) is 11.1. The van der Waals surface area contributed by atoms with Gasteiger partial charge in [-0.15, -0.1) is 0 Å². The van der Waals surface area contributed by atoms with Crippen molar-refractivity contribution in [2.75, 3.05) is 26.7 Å². The second-order valence-corrected chi connectivity index (χ2v) is 7.18. The van der Waals surface area contributed by atoms with Crippen LogP contribution < -0.4 is 0 Å². The number of aromatic nitrogens is 1. The second kappa shape index (κ2) is 5.84. The molecule has 1 fully saturated rings. The van der Waals surface area contributed by atoms with Gasteiger partial charge in [-0.25, -0.2) is 0 Å². The van der Waals surface area contributed by atoms with E-state index in [-0.39, 0.29) is 5.91 Å². The van der Waals surface area contributed by atoms with E-state index in [9.17, 15) is 4.79 Å². The molecule has 0 bridgehead atoms. The summed E-state index contributed by atoms with van der Waals surface area (Å²) >= 11 is 6.22. The molecule has 3 heterocycles. The van der Waals surface area contributed by atoms with Crippen LogP contribution in [-0.2, 0) is 24.3 Å². The molecule has 0 radical (unpaired) electrons. The average molecular weight is 332 g/mol. The number of fused-ring (bicyclic) bond motifs is 3. The van der Waals surface area contributed by atoms with Gasteiger partial charge in [-0.05, 0) is 43.7 Å². The maximum absolute atomic E-state index is 12.6. The Balaban J connectivity index is 1.77. The van der Waals surface area contributed by atoms with Crippen LogP contribution in [0.3, 0.4) is 0 Å². The molecule has 1 amide bonds. The monoisotopic (exact) mass is 331 g/mol. The highest BCUT2D eigenvalue weighted by Gasteiger charge is 2.25. The quantitative estimate of drug-likeness (QED) is 0.846. The fourth-order valence-electron chi connectivity index (χ4n) is 3.94. The van der Waals surface area contributed by atoms with Crippen molar-refractivity contribution in [1.82, 2.24) is 14.4 Å². The van der Waals surface area contributed by atoms with Crippen LogP contribution >= 0.6 is 11.6 Å². The predicted octanol–water partition coefficient (Wildman–Crippen LogP) is 2.91. The number of nitrogens with zero attached hydrogens (tertiary/aromatic N) is 3. The Morgan fingerprint density at radius 3 is 2.78 bits per heavy atom. The predicted molar refractivity (Wildman–Crippen MR) is 92.8 cm³/mol. The van der Waals surface area contributed by atoms with E-state index in [0.29, 0.717) is 6.54 Å². The molecule has 2 aromatic rings. The summed E-state index contributed by atoms with van der Waals surface area (Å²) in [6, 6.07) is 6.04. The van der Waals surface area contributed by atoms with E-state index in [2.05, 4.69) is 22.6 Å². The SMILES string of the molecule is CN1CCc2c(c3cc(Cl)ccc3n2CC(=O)N2CCCC2)C1. The molecule has 5 heteroatoms. The Morgan fingerprint density at radius 1 is 1.22 bits per heavy atom. The lowest BCUT2D eigenvalue weighted by atomic mass is 10.1. The molecule has 0 atom stereocenters. The van der Waals surface area contributed by atoms with Crippen LogP contribution in [0.4, 0.5) is 0 Å². The summed E-state index contributed by atoms with van der Waals surface area (Å²) in [4.78, 5) is 17.0. The number of likely N-dealkylation sites (tertiary alicyclic amines) is 1. The summed E-state index contributed by atoms with van der Waals surface area (Å²) in [6.45, 7) is 4.24. The second-order valence-electron chi connectivity index (χ2n) is 6.75. The van der Waals surface area contributed by atoms with Gasteiger partial charge in [0.1, 0.15) is 6.54 Å². The molecule has 23 heavy (non-hydrogen) atoms. The van der Waals surface area contributed by atoms with E-state index in [4.69, 9.17) is 11.6 Å². The van der Waals surface area contributed by atoms with Crippen molar-refractivity contribution in [2.24, 2.45) is 0 Å². The zero-order chi connectivity index (χ0) is 16.0. The number of rotatable bonds is 2. The number of carbonyl (C=O) groups excluding carboxylic acids is 1. The number of hydrogen-bond acceptors (Lipinski definition) is 2. The molecule has 1 aromatic heterocycles. The Bertz CT molecular complexity index is 761. The van der Waals surface area contributed by atoms with Gasteiger partial charge in [0.2, 0.25) is 5.91 Å². The van der Waals surface area contributed by atoms with E-state index in [1.807, 2.05) is 17.0 Å². The van der Waals surface area contributed by atoms with Gasteiger partial charge in [-0.1, -0.05) is 11.6 Å². The standard InChI is InChI=1S/C18H22ClN3O/c1-20-9-6-17-15(11-20)14-10-13(19)4-5-16(14)22(17)12-18(23)21-7-2-3-8-21/h4-5,10H,2-3,6-9,11-12H2,1H3. The summed E-state index contributed by atoms with van der Waals surface area (Å²) < 4.78 is 2.23. The van der Waals surface area contributed by atoms with Gasteiger partial charge in [0.25, 0.3) is 0 Å². The Kier molecular flexibility index (Phi) is 3.82. The third-order valence-corrected chi connectivity index (χ3v) is 5.39. The van der Waals surface area contributed by atoms with Gasteiger partial charge in [0.05, 0.1) is 0 Å². The molecular weight excluding hydrogens is 310 g/mol. The van der Waals surface area contributed by atoms with Crippen molar-refractivity contribution in [1.29, 1.82) is 0 Å². The molecule has 4 rings (SSSR count). The number of amides is 1. The summed E-state index contributed by atoms with van der Waals surface area (Å²) in [5, 5.41) is 1.96. The first-order valence-electron chi connectivity index (χ1n) is 8.39. The van der Waals surface area contributed by atoms with Gasteiger partial charge < -0.3 is 14.4 Å². The van der Waals surface area contributed by atoms with Crippen LogP contribution in [-0.4, -0.2) is 47.0 Å². The fraction of sp³-hybridized carbons (Fsp3) is 0.500. The molecule has 0 aliphatic carbocycles. The minimum absolute atomic E-state index is 0.246. The van der Waals surface area contributed by atoms with Crippen molar-refractivity contribution in [2.45, 2.75) is 32.4 Å². The first kappa shape index (κ1) is 15.0. The molecule has 122 valence electrons. The molecule has 2 aliphatic heterocycles. The zero-order valence-corrected chi connectivity index (χ0v) is 14.3. The van der Waals surface area contributed by atoms with E-state index in [1.54, 1.807) is 0 Å². The highest BCUT2D eigenvalue weighted by Crippen LogP contribution is 2.32. The summed E-state index contributed by atoms with van der Waals surface area (Å²) in [7, 11) is 2.14. The van der Waals surface area contributed by atoms with Gasteiger partial charge in [-0.3, -0.25) is 4.79 Å². The summed E-state index contributed by atoms with van der Waals surface area (Å²) in [5.41, 5.74) is 3.79. The molecule has 0 unspecified atom stereocenters. The maximum Gasteiger partial charge on any atom is 0.242 e. The van der Waals surface area contributed by atoms with Crippen molar-refractivity contribution >= 4 is 28.4 Å². The topological polar surface area (TPSA) is 28.5 Å². The fourth-order valence-corrected chi connectivity index (χ4v) is 4.11. The van der Waals surface area contributed by atoms with Gasteiger partial charge in [0, 0.05) is 54.2 Å². The number of likely N-dealkylation sites (N-methyl/N-ethyl adjacent to an activating group) is 1. The third-order valence-electron chi connectivity index (χ3n) is 5.16. The van der Waals surface area contributed by atoms with Crippen molar-refractivity contribution < 1.29 is 4.79 Å². The lowest BCUT2D eigenvalue weighted by Crippen LogP contribution is -2.33. The van der Waals surface area contributed by atoms with E-state index in [0.717, 1.165) is 56.0 Å². The molecule has 1 aromatic carbocycles. The molecule has 0 N–H and O–H groups in total. The normalized spacial score (nSPS) is 18.6. The smallest absolute Gasteiger partial charge is 0.242 e. The number of benzene rings is 1. The minimum atomic E-state index is 0.246. The number of carbonyl (C=O) groups is 1. The van der Waals surface area contributed by atoms with Gasteiger partial charge in [0.15, 0.2) is 0 Å². The summed E-state index contributed by atoms with van der Waals surface area (Å²) in [6.07, 6.45) is 3.26. The lowest BCUT2D eigenvalue weighted by molar-refractivity contribution is -0.130. The van der Waals surface area contributed by atoms with Crippen LogP contribution in [0.1, 0.15) is 24.1 Å². The molecular formula is C18H22ClN3O. The van der Waals surface area contributed by atoms with E-state index in [1.165, 1.54) is 16.6 Å². The summed E-state index contributed by atoms with van der Waals surface area (Å²) in [5.74, 6) is 0.246. The largest absolute Gasteiger partial charge is 0.341 e. The van der Waals surface area contributed by atoms with Crippen molar-refractivity contribution in [3.8, 4) is 0 Å². The molecule has 4 nitrogen and oxygen atoms in total. The van der Waals surface area contributed by atoms with Crippen LogP contribution in [0, 0.1) is 0 Å². The van der Waals surface area contributed by atoms with Crippen LogP contribution in [0.25, 0.3) is 10.9 Å². The lowest BCUT2D eigenvalue weighted by Gasteiger charge is -2.24. The zero-order valence-electron chi connectivity index (χ0n) is 13.5. The number of hydrogen-bond donors (Lipinski definition) is 0. The Morgan fingerprint density at radius 2 is 2.00 bits per heavy atom. The molecule has 0 spiro atoms. The first-order valence-corrected chi connectivity index (χ1v) is 8.77. The van der Waals surface area contributed by atoms with Crippen molar-refractivity contribution in [3.05, 3.63) is 34.5 Å². The highest BCUT2D eigenvalue weighted by atomic mass is 35.5. The minimum Gasteiger partial charge on any atom is -0.341 e. The van der Waals surface area contributed by atoms with E-state index >= 15 is 0 Å². The van der Waals surface area contributed by atoms with Crippen LogP contribution in [0.5, 0.6) is 0 Å². The van der Waals surface area contributed by atoms with Gasteiger partial charge in [-0.2, -0.15) is 0 Å². The highest BCUT2D eigenvalue weighted by molar-refractivity contribution is 6.31. The van der Waals surface area contributed by atoms with Crippen LogP contribution in [0.2, 0.25) is 5.02 Å². The maximum atomic E-state index is 12.6. The van der Waals surface area contributed by atoms with Crippen LogP contribution in [0.15, 0.2) is 18.2 Å². The molecule has 1 saturated heterocycles. The Hall–Kier alpha value is -1.52. The molecule has 0 saturated carbocycles. The number of halogens is 1. The van der Waals surface area contributed by atoms with Gasteiger partial charge >= 0.3 is 0 Å².